The van der Waals surface area contributed by atoms with Crippen molar-refractivity contribution < 1.29 is 9.47 Å². The molecule has 1 atom stereocenters. The summed E-state index contributed by atoms with van der Waals surface area (Å²) in [7, 11) is 5.18. The number of aliphatic imine (C=N–C) groups is 1. The quantitative estimate of drug-likeness (QED) is 0.329. The summed E-state index contributed by atoms with van der Waals surface area (Å²) in [6.07, 6.45) is 2.03. The van der Waals surface area contributed by atoms with E-state index in [1.807, 2.05) is 13.1 Å². The van der Waals surface area contributed by atoms with Crippen molar-refractivity contribution in [2.45, 2.75) is 25.8 Å². The number of guanidine groups is 1. The molecule has 0 aromatic heterocycles. The van der Waals surface area contributed by atoms with Gasteiger partial charge < -0.3 is 25.0 Å². The molecule has 1 heterocycles. The van der Waals surface area contributed by atoms with Gasteiger partial charge in [-0.1, -0.05) is 29.8 Å². The summed E-state index contributed by atoms with van der Waals surface area (Å²) in [5, 5.41) is 6.99. The maximum absolute atomic E-state index is 5.40. The van der Waals surface area contributed by atoms with Crippen LogP contribution in [0.2, 0.25) is 0 Å². The molecule has 2 aromatic carbocycles. The molecule has 0 saturated carbocycles. The minimum atomic E-state index is 0. The summed E-state index contributed by atoms with van der Waals surface area (Å²) < 4.78 is 10.8. The lowest BCUT2D eigenvalue weighted by molar-refractivity contribution is 0.394. The third-order valence-corrected chi connectivity index (χ3v) is 5.24. The fourth-order valence-electron chi connectivity index (χ4n) is 3.67. The smallest absolute Gasteiger partial charge is 0.191 e. The summed E-state index contributed by atoms with van der Waals surface area (Å²) >= 11 is 0. The number of methoxy groups -OCH3 is 2. The van der Waals surface area contributed by atoms with E-state index < -0.39 is 0 Å². The largest absolute Gasteiger partial charge is 0.497 e. The Bertz CT molecular complexity index is 821. The van der Waals surface area contributed by atoms with Crippen molar-refractivity contribution in [1.29, 1.82) is 0 Å². The van der Waals surface area contributed by atoms with Gasteiger partial charge in [-0.3, -0.25) is 4.99 Å². The lowest BCUT2D eigenvalue weighted by Gasteiger charge is -2.21. The average Bonchev–Trinajstić information content (AvgIpc) is 3.21. The van der Waals surface area contributed by atoms with E-state index in [0.29, 0.717) is 6.04 Å². The molecule has 0 aliphatic carbocycles. The maximum Gasteiger partial charge on any atom is 0.191 e. The lowest BCUT2D eigenvalue weighted by Crippen LogP contribution is -2.45. The first-order valence-electron chi connectivity index (χ1n) is 10.1. The van der Waals surface area contributed by atoms with Crippen molar-refractivity contribution in [1.82, 2.24) is 10.6 Å². The zero-order valence-electron chi connectivity index (χ0n) is 18.3. The number of halogens is 1. The summed E-state index contributed by atoms with van der Waals surface area (Å²) in [6.45, 7) is 4.87. The number of ether oxygens (including phenoxy) is 2. The molecule has 164 valence electrons. The van der Waals surface area contributed by atoms with Crippen LogP contribution >= 0.6 is 24.0 Å². The zero-order chi connectivity index (χ0) is 20.6. The van der Waals surface area contributed by atoms with Gasteiger partial charge in [-0.15, -0.1) is 24.0 Å². The van der Waals surface area contributed by atoms with Crippen molar-refractivity contribution in [3.8, 4) is 11.5 Å². The summed E-state index contributed by atoms with van der Waals surface area (Å²) in [5.74, 6) is 2.47. The molecule has 3 rings (SSSR count). The Labute approximate surface area is 197 Å². The Morgan fingerprint density at radius 2 is 1.87 bits per heavy atom. The number of hydrogen-bond donors (Lipinski definition) is 2. The normalized spacial score (nSPS) is 16.1. The molecule has 2 aromatic rings. The monoisotopic (exact) mass is 524 g/mol. The highest BCUT2D eigenvalue weighted by Gasteiger charge is 2.24. The molecule has 1 unspecified atom stereocenters. The maximum atomic E-state index is 5.40. The number of hydrogen-bond acceptors (Lipinski definition) is 4. The van der Waals surface area contributed by atoms with Gasteiger partial charge in [-0.2, -0.15) is 0 Å². The molecule has 1 fully saturated rings. The predicted octanol–water partition coefficient (Wildman–Crippen LogP) is 3.62. The fourth-order valence-corrected chi connectivity index (χ4v) is 3.67. The number of nitrogens with zero attached hydrogens (tertiary/aromatic N) is 2. The van der Waals surface area contributed by atoms with Crippen LogP contribution in [0.25, 0.3) is 0 Å². The molecule has 1 aliphatic rings. The van der Waals surface area contributed by atoms with Crippen molar-refractivity contribution >= 4 is 35.6 Å². The van der Waals surface area contributed by atoms with Crippen LogP contribution in [0.15, 0.2) is 47.5 Å². The second-order valence-electron chi connectivity index (χ2n) is 7.38. The number of rotatable bonds is 7. The van der Waals surface area contributed by atoms with E-state index in [4.69, 9.17) is 9.47 Å². The first-order valence-corrected chi connectivity index (χ1v) is 10.1. The summed E-state index contributed by atoms with van der Waals surface area (Å²) in [5.41, 5.74) is 3.75. The molecule has 1 aliphatic heterocycles. The van der Waals surface area contributed by atoms with Gasteiger partial charge >= 0.3 is 0 Å². The van der Waals surface area contributed by atoms with Crippen LogP contribution in [0.4, 0.5) is 5.69 Å². The molecule has 0 bridgehead atoms. The second-order valence-corrected chi connectivity index (χ2v) is 7.38. The van der Waals surface area contributed by atoms with Crippen LogP contribution in [0.3, 0.4) is 0 Å². The lowest BCUT2D eigenvalue weighted by atomic mass is 10.1. The van der Waals surface area contributed by atoms with Crippen LogP contribution in [-0.2, 0) is 6.42 Å². The number of benzene rings is 2. The van der Waals surface area contributed by atoms with Crippen molar-refractivity contribution in [2.24, 2.45) is 4.99 Å². The number of aryl methyl sites for hydroxylation is 1. The Morgan fingerprint density at radius 3 is 2.50 bits per heavy atom. The van der Waals surface area contributed by atoms with Gasteiger partial charge in [0.2, 0.25) is 0 Å². The third-order valence-electron chi connectivity index (χ3n) is 5.24. The Balaban J connectivity index is 0.00000320. The van der Waals surface area contributed by atoms with E-state index in [-0.39, 0.29) is 24.0 Å². The minimum absolute atomic E-state index is 0. The van der Waals surface area contributed by atoms with Crippen LogP contribution < -0.4 is 25.0 Å². The highest BCUT2D eigenvalue weighted by molar-refractivity contribution is 14.0. The fraction of sp³-hybridized carbons (Fsp3) is 0.435. The van der Waals surface area contributed by atoms with E-state index in [1.165, 1.54) is 11.1 Å². The minimum Gasteiger partial charge on any atom is -0.497 e. The molecule has 0 radical (unpaired) electrons. The van der Waals surface area contributed by atoms with E-state index in [1.54, 1.807) is 14.2 Å². The molecule has 7 heteroatoms. The molecule has 1 saturated heterocycles. The Kier molecular flexibility index (Phi) is 9.55. The molecule has 0 spiro atoms. The molecule has 0 amide bonds. The highest BCUT2D eigenvalue weighted by Crippen LogP contribution is 2.30. The average molecular weight is 524 g/mol. The van der Waals surface area contributed by atoms with E-state index in [0.717, 1.165) is 55.6 Å². The first-order chi connectivity index (χ1) is 14.1. The van der Waals surface area contributed by atoms with E-state index in [9.17, 15) is 0 Å². The van der Waals surface area contributed by atoms with Gasteiger partial charge in [0.15, 0.2) is 5.96 Å². The SMILES string of the molecule is CN=C(NCCc1cccc(C)c1)NC1CCN(c2cc(OC)cc(OC)c2)C1.I. The standard InChI is InChI=1S/C23H32N4O2.HI/c1-17-6-5-7-18(12-17)8-10-25-23(24-2)26-19-9-11-27(16-19)20-13-21(28-3)15-22(14-20)29-4;/h5-7,12-15,19H,8-11,16H2,1-4H3,(H2,24,25,26);1H. The first kappa shape index (κ1) is 24.1. The molecule has 2 N–H and O–H groups in total. The molecular formula is C23H33IN4O2. The second kappa shape index (κ2) is 11.9. The predicted molar refractivity (Wildman–Crippen MR) is 135 cm³/mol. The molecule has 30 heavy (non-hydrogen) atoms. The Morgan fingerprint density at radius 1 is 1.13 bits per heavy atom. The number of anilines is 1. The van der Waals surface area contributed by atoms with Crippen molar-refractivity contribution in [3.05, 3.63) is 53.6 Å². The number of nitrogens with one attached hydrogen (secondary N) is 2. The van der Waals surface area contributed by atoms with Gasteiger partial charge in [0, 0.05) is 56.6 Å². The molecule has 6 nitrogen and oxygen atoms in total. The van der Waals surface area contributed by atoms with E-state index >= 15 is 0 Å². The van der Waals surface area contributed by atoms with Crippen molar-refractivity contribution in [3.63, 3.8) is 0 Å². The van der Waals surface area contributed by atoms with Gasteiger partial charge in [-0.05, 0) is 25.3 Å². The van der Waals surface area contributed by atoms with Gasteiger partial charge in [-0.25, -0.2) is 0 Å². The van der Waals surface area contributed by atoms with Gasteiger partial charge in [0.1, 0.15) is 11.5 Å². The topological polar surface area (TPSA) is 58.1 Å². The van der Waals surface area contributed by atoms with Crippen LogP contribution in [0, 0.1) is 6.92 Å². The molecular weight excluding hydrogens is 491 g/mol. The third kappa shape index (κ3) is 6.68. The Hall–Kier alpha value is -2.16. The van der Waals surface area contributed by atoms with Crippen LogP contribution in [-0.4, -0.2) is 52.9 Å². The summed E-state index contributed by atoms with van der Waals surface area (Å²) in [6, 6.07) is 15.0. The van der Waals surface area contributed by atoms with Crippen LogP contribution in [0.1, 0.15) is 17.5 Å². The van der Waals surface area contributed by atoms with Gasteiger partial charge in [0.25, 0.3) is 0 Å². The van der Waals surface area contributed by atoms with E-state index in [2.05, 4.69) is 63.8 Å². The van der Waals surface area contributed by atoms with Gasteiger partial charge in [0.05, 0.1) is 14.2 Å². The zero-order valence-corrected chi connectivity index (χ0v) is 20.6. The van der Waals surface area contributed by atoms with Crippen molar-refractivity contribution in [2.75, 3.05) is 45.8 Å². The highest BCUT2D eigenvalue weighted by atomic mass is 127. The van der Waals surface area contributed by atoms with Crippen LogP contribution in [0.5, 0.6) is 11.5 Å². The summed E-state index contributed by atoms with van der Waals surface area (Å²) in [4.78, 5) is 6.74.